The standard InChI is InChI=1S/C15H23N3O.2C2HF3O2/c1-12(2)18-7-8-19-15-11-17(10-14(15)18)9-13-3-5-16-6-4-13;2*3-2(4,5)1(6)7/h3-6,12,14-15H,7-11H2,1-2H3;2*(H,6,7)/t14-,15+;;/m1../s1. The van der Waals surface area contributed by atoms with Crippen molar-refractivity contribution in [1.82, 2.24) is 14.8 Å². The van der Waals surface area contributed by atoms with Gasteiger partial charge in [0.05, 0.1) is 18.8 Å². The van der Waals surface area contributed by atoms with Gasteiger partial charge >= 0.3 is 24.3 Å². The van der Waals surface area contributed by atoms with Crippen LogP contribution in [0.15, 0.2) is 24.5 Å². The zero-order valence-corrected chi connectivity index (χ0v) is 17.8. The fourth-order valence-corrected chi connectivity index (χ4v) is 3.31. The van der Waals surface area contributed by atoms with Gasteiger partial charge in [-0.05, 0) is 31.5 Å². The molecule has 2 atom stereocenters. The van der Waals surface area contributed by atoms with Gasteiger partial charge in [0.2, 0.25) is 0 Å². The van der Waals surface area contributed by atoms with Crippen molar-refractivity contribution in [2.75, 3.05) is 26.2 Å². The van der Waals surface area contributed by atoms with Crippen LogP contribution < -0.4 is 0 Å². The van der Waals surface area contributed by atoms with Crippen LogP contribution in [0, 0.1) is 0 Å². The van der Waals surface area contributed by atoms with Crippen LogP contribution in [0.3, 0.4) is 0 Å². The van der Waals surface area contributed by atoms with E-state index in [1.54, 1.807) is 0 Å². The molecule has 188 valence electrons. The van der Waals surface area contributed by atoms with E-state index in [1.165, 1.54) is 5.56 Å². The molecule has 0 aromatic carbocycles. The predicted molar refractivity (Wildman–Crippen MR) is 102 cm³/mol. The summed E-state index contributed by atoms with van der Waals surface area (Å²) in [6.45, 7) is 9.69. The van der Waals surface area contributed by atoms with Crippen molar-refractivity contribution in [2.45, 2.75) is 50.9 Å². The minimum absolute atomic E-state index is 0.387. The highest BCUT2D eigenvalue weighted by Crippen LogP contribution is 2.25. The van der Waals surface area contributed by atoms with Crippen LogP contribution >= 0.6 is 0 Å². The molecule has 3 rings (SSSR count). The molecule has 8 nitrogen and oxygen atoms in total. The number of aliphatic carboxylic acids is 2. The molecule has 0 amide bonds. The molecule has 2 aliphatic heterocycles. The second-order valence-electron chi connectivity index (χ2n) is 7.46. The van der Waals surface area contributed by atoms with Gasteiger partial charge in [-0.3, -0.25) is 14.8 Å². The average molecular weight is 489 g/mol. The molecule has 33 heavy (non-hydrogen) atoms. The van der Waals surface area contributed by atoms with Crippen LogP contribution in [0.25, 0.3) is 0 Å². The number of alkyl halides is 6. The van der Waals surface area contributed by atoms with Crippen molar-refractivity contribution in [3.8, 4) is 0 Å². The maximum Gasteiger partial charge on any atom is 0.490 e. The predicted octanol–water partition coefficient (Wildman–Crippen LogP) is 2.64. The number of carboxylic acids is 2. The van der Waals surface area contributed by atoms with E-state index in [0.717, 1.165) is 32.8 Å². The zero-order valence-electron chi connectivity index (χ0n) is 17.8. The number of nitrogens with zero attached hydrogens (tertiary/aromatic N) is 3. The molecule has 0 aliphatic carbocycles. The first-order chi connectivity index (χ1) is 15.1. The summed E-state index contributed by atoms with van der Waals surface area (Å²) in [4.78, 5) is 27.0. The van der Waals surface area contributed by atoms with Crippen LogP contribution in [0.4, 0.5) is 26.3 Å². The molecule has 1 aromatic heterocycles. The lowest BCUT2D eigenvalue weighted by Gasteiger charge is -2.39. The Labute approximate surface area is 185 Å². The van der Waals surface area contributed by atoms with Crippen molar-refractivity contribution in [3.05, 3.63) is 30.1 Å². The molecule has 2 aliphatic rings. The van der Waals surface area contributed by atoms with E-state index in [9.17, 15) is 26.3 Å². The Morgan fingerprint density at radius 3 is 1.97 bits per heavy atom. The summed E-state index contributed by atoms with van der Waals surface area (Å²) in [5.41, 5.74) is 1.34. The second kappa shape index (κ2) is 12.1. The number of hydrogen-bond donors (Lipinski definition) is 2. The first-order valence-electron chi connectivity index (χ1n) is 9.71. The molecule has 3 heterocycles. The minimum atomic E-state index is -5.08. The number of ether oxygens (including phenoxy) is 1. The number of halogens is 6. The number of rotatable bonds is 3. The quantitative estimate of drug-likeness (QED) is 0.625. The van der Waals surface area contributed by atoms with E-state index in [0.29, 0.717) is 18.2 Å². The SMILES string of the molecule is CC(C)N1CCO[C@H]2CN(Cc3ccncc3)C[C@H]21.O=C(O)C(F)(F)F.O=C(O)C(F)(F)F. The molecule has 0 spiro atoms. The minimum Gasteiger partial charge on any atom is -0.475 e. The highest BCUT2D eigenvalue weighted by atomic mass is 19.4. The third-order valence-corrected chi connectivity index (χ3v) is 4.72. The van der Waals surface area contributed by atoms with E-state index < -0.39 is 24.3 Å². The second-order valence-corrected chi connectivity index (χ2v) is 7.46. The molecule has 0 radical (unpaired) electrons. The highest BCUT2D eigenvalue weighted by Gasteiger charge is 2.41. The Hall–Kier alpha value is -2.45. The number of carboxylic acid groups (broad SMARTS) is 2. The Bertz CT molecular complexity index is 737. The number of hydrogen-bond acceptors (Lipinski definition) is 6. The van der Waals surface area contributed by atoms with Gasteiger partial charge in [-0.15, -0.1) is 0 Å². The summed E-state index contributed by atoms with van der Waals surface area (Å²) in [7, 11) is 0. The molecular formula is C19H25F6N3O5. The van der Waals surface area contributed by atoms with Gasteiger partial charge in [-0.25, -0.2) is 9.59 Å². The lowest BCUT2D eigenvalue weighted by Crippen LogP contribution is -2.53. The molecule has 2 N–H and O–H groups in total. The normalized spacial score (nSPS) is 21.4. The van der Waals surface area contributed by atoms with Gasteiger partial charge < -0.3 is 14.9 Å². The van der Waals surface area contributed by atoms with Crippen LogP contribution in [0.5, 0.6) is 0 Å². The van der Waals surface area contributed by atoms with E-state index in [1.807, 2.05) is 12.4 Å². The van der Waals surface area contributed by atoms with Gasteiger partial charge in [-0.1, -0.05) is 0 Å². The lowest BCUT2D eigenvalue weighted by molar-refractivity contribution is -0.193. The van der Waals surface area contributed by atoms with Crippen molar-refractivity contribution in [3.63, 3.8) is 0 Å². The van der Waals surface area contributed by atoms with Gasteiger partial charge in [0, 0.05) is 44.6 Å². The summed E-state index contributed by atoms with van der Waals surface area (Å²) in [6, 6.07) is 5.37. The Morgan fingerprint density at radius 2 is 1.55 bits per heavy atom. The smallest absolute Gasteiger partial charge is 0.475 e. The largest absolute Gasteiger partial charge is 0.490 e. The van der Waals surface area contributed by atoms with Gasteiger partial charge in [0.15, 0.2) is 0 Å². The number of fused-ring (bicyclic) bond motifs is 1. The molecule has 14 heteroatoms. The molecule has 0 saturated carbocycles. The zero-order chi connectivity index (χ0) is 25.4. The first kappa shape index (κ1) is 28.6. The Morgan fingerprint density at radius 1 is 1.06 bits per heavy atom. The average Bonchev–Trinajstić information content (AvgIpc) is 3.10. The van der Waals surface area contributed by atoms with E-state index in [2.05, 4.69) is 40.8 Å². The van der Waals surface area contributed by atoms with Crippen LogP contribution in [-0.2, 0) is 20.9 Å². The summed E-state index contributed by atoms with van der Waals surface area (Å²) in [6.07, 6.45) is -6.04. The van der Waals surface area contributed by atoms with Gasteiger partial charge in [0.1, 0.15) is 0 Å². The summed E-state index contributed by atoms with van der Waals surface area (Å²) in [5, 5.41) is 14.2. The number of likely N-dealkylation sites (tertiary alicyclic amines) is 1. The molecular weight excluding hydrogens is 464 g/mol. The summed E-state index contributed by atoms with van der Waals surface area (Å²) in [5.74, 6) is -5.51. The van der Waals surface area contributed by atoms with E-state index >= 15 is 0 Å². The number of aromatic nitrogens is 1. The van der Waals surface area contributed by atoms with Crippen molar-refractivity contribution >= 4 is 11.9 Å². The summed E-state index contributed by atoms with van der Waals surface area (Å²) < 4.78 is 69.4. The molecule has 0 unspecified atom stereocenters. The highest BCUT2D eigenvalue weighted by molar-refractivity contribution is 5.73. The number of pyridine rings is 1. The van der Waals surface area contributed by atoms with Crippen LogP contribution in [-0.4, -0.2) is 93.7 Å². The summed E-state index contributed by atoms with van der Waals surface area (Å²) >= 11 is 0. The molecule has 0 bridgehead atoms. The fraction of sp³-hybridized carbons (Fsp3) is 0.632. The third-order valence-electron chi connectivity index (χ3n) is 4.72. The molecule has 1 aromatic rings. The monoisotopic (exact) mass is 489 g/mol. The van der Waals surface area contributed by atoms with Gasteiger partial charge in [0.25, 0.3) is 0 Å². The fourth-order valence-electron chi connectivity index (χ4n) is 3.31. The van der Waals surface area contributed by atoms with Crippen LogP contribution in [0.1, 0.15) is 19.4 Å². The molecule has 2 fully saturated rings. The molecule has 2 saturated heterocycles. The van der Waals surface area contributed by atoms with Gasteiger partial charge in [-0.2, -0.15) is 26.3 Å². The maximum absolute atomic E-state index is 10.6. The van der Waals surface area contributed by atoms with Crippen LogP contribution in [0.2, 0.25) is 0 Å². The Balaban J connectivity index is 0.000000324. The van der Waals surface area contributed by atoms with E-state index in [4.69, 9.17) is 24.5 Å². The Kier molecular flexibility index (Phi) is 10.5. The van der Waals surface area contributed by atoms with Crippen molar-refractivity contribution in [2.24, 2.45) is 0 Å². The van der Waals surface area contributed by atoms with E-state index in [-0.39, 0.29) is 0 Å². The third kappa shape index (κ3) is 9.92. The first-order valence-corrected chi connectivity index (χ1v) is 9.71. The number of morpholine rings is 1. The maximum atomic E-state index is 10.6. The number of carbonyl (C=O) groups is 2. The lowest BCUT2D eigenvalue weighted by atomic mass is 10.1. The topological polar surface area (TPSA) is 103 Å². The van der Waals surface area contributed by atoms with Crippen molar-refractivity contribution < 1.29 is 50.9 Å². The van der Waals surface area contributed by atoms with Crippen molar-refractivity contribution in [1.29, 1.82) is 0 Å².